The molecule has 2 heteroatoms. The van der Waals surface area contributed by atoms with E-state index >= 15 is 0 Å². The molecule has 0 saturated heterocycles. The Labute approximate surface area is 83.7 Å². The third kappa shape index (κ3) is 6.05. The lowest BCUT2D eigenvalue weighted by atomic mass is 10.1. The van der Waals surface area contributed by atoms with Gasteiger partial charge < -0.3 is 10.2 Å². The Balaban J connectivity index is 3.53. The summed E-state index contributed by atoms with van der Waals surface area (Å²) in [5, 5.41) is 3.44. The second-order valence-corrected chi connectivity index (χ2v) is 4.06. The van der Waals surface area contributed by atoms with E-state index in [0.717, 1.165) is 19.1 Å². The molecule has 0 aliphatic heterocycles. The highest BCUT2D eigenvalue weighted by molar-refractivity contribution is 4.66. The first kappa shape index (κ1) is 12.9. The van der Waals surface area contributed by atoms with E-state index in [9.17, 15) is 0 Å². The Hall–Kier alpha value is -0.0800. The summed E-state index contributed by atoms with van der Waals surface area (Å²) in [5.41, 5.74) is 0. The van der Waals surface area contributed by atoms with Gasteiger partial charge in [0.25, 0.3) is 0 Å². The standard InChI is InChI=1S/C11H26N2/c1-6-11(7-2)13(5)9-8-12-10(3)4/h10-12H,6-9H2,1-5H3. The second-order valence-electron chi connectivity index (χ2n) is 4.06. The summed E-state index contributed by atoms with van der Waals surface area (Å²) in [7, 11) is 2.22. The summed E-state index contributed by atoms with van der Waals surface area (Å²) in [4.78, 5) is 2.45. The van der Waals surface area contributed by atoms with Crippen LogP contribution in [0.15, 0.2) is 0 Å². The van der Waals surface area contributed by atoms with Gasteiger partial charge >= 0.3 is 0 Å². The molecule has 0 aliphatic carbocycles. The number of nitrogens with zero attached hydrogens (tertiary/aromatic N) is 1. The first-order chi connectivity index (χ1) is 6.11. The minimum Gasteiger partial charge on any atom is -0.313 e. The third-order valence-corrected chi connectivity index (χ3v) is 2.58. The average Bonchev–Trinajstić information content (AvgIpc) is 2.05. The van der Waals surface area contributed by atoms with Gasteiger partial charge in [0.05, 0.1) is 0 Å². The van der Waals surface area contributed by atoms with E-state index in [1.54, 1.807) is 0 Å². The summed E-state index contributed by atoms with van der Waals surface area (Å²) in [6.07, 6.45) is 2.52. The second kappa shape index (κ2) is 7.34. The van der Waals surface area contributed by atoms with Crippen LogP contribution in [0.5, 0.6) is 0 Å². The summed E-state index contributed by atoms with van der Waals surface area (Å²) in [6, 6.07) is 1.36. The Morgan fingerprint density at radius 2 is 1.69 bits per heavy atom. The maximum atomic E-state index is 3.44. The fraction of sp³-hybridized carbons (Fsp3) is 1.00. The van der Waals surface area contributed by atoms with Crippen molar-refractivity contribution in [3.05, 3.63) is 0 Å². The highest BCUT2D eigenvalue weighted by atomic mass is 15.1. The molecular formula is C11H26N2. The van der Waals surface area contributed by atoms with Crippen LogP contribution in [0, 0.1) is 0 Å². The number of hydrogen-bond donors (Lipinski definition) is 1. The van der Waals surface area contributed by atoms with Crippen LogP contribution in [0.2, 0.25) is 0 Å². The molecule has 0 amide bonds. The SMILES string of the molecule is CCC(CC)N(C)CCNC(C)C. The van der Waals surface area contributed by atoms with E-state index in [4.69, 9.17) is 0 Å². The van der Waals surface area contributed by atoms with Crippen molar-refractivity contribution < 1.29 is 0 Å². The predicted molar refractivity (Wildman–Crippen MR) is 60.1 cm³/mol. The van der Waals surface area contributed by atoms with Crippen LogP contribution in [-0.4, -0.2) is 37.1 Å². The summed E-state index contributed by atoms with van der Waals surface area (Å²) < 4.78 is 0. The fourth-order valence-corrected chi connectivity index (χ4v) is 1.62. The van der Waals surface area contributed by atoms with Crippen molar-refractivity contribution in [1.29, 1.82) is 0 Å². The van der Waals surface area contributed by atoms with Crippen LogP contribution in [-0.2, 0) is 0 Å². The summed E-state index contributed by atoms with van der Waals surface area (Å²) in [6.45, 7) is 11.2. The lowest BCUT2D eigenvalue weighted by Gasteiger charge is -2.26. The molecule has 1 N–H and O–H groups in total. The van der Waals surface area contributed by atoms with E-state index in [1.807, 2.05) is 0 Å². The van der Waals surface area contributed by atoms with Gasteiger partial charge in [0.2, 0.25) is 0 Å². The van der Waals surface area contributed by atoms with Gasteiger partial charge in [-0.2, -0.15) is 0 Å². The minimum absolute atomic E-state index is 0.607. The highest BCUT2D eigenvalue weighted by Crippen LogP contribution is 2.04. The van der Waals surface area contributed by atoms with Crippen LogP contribution >= 0.6 is 0 Å². The van der Waals surface area contributed by atoms with Crippen LogP contribution in [0.1, 0.15) is 40.5 Å². The molecule has 0 spiro atoms. The first-order valence-corrected chi connectivity index (χ1v) is 5.55. The molecule has 80 valence electrons. The van der Waals surface area contributed by atoms with Gasteiger partial charge in [-0.3, -0.25) is 0 Å². The lowest BCUT2D eigenvalue weighted by Crippen LogP contribution is -2.38. The molecule has 13 heavy (non-hydrogen) atoms. The largest absolute Gasteiger partial charge is 0.313 e. The zero-order chi connectivity index (χ0) is 10.3. The predicted octanol–water partition coefficient (Wildman–Crippen LogP) is 2.10. The monoisotopic (exact) mass is 186 g/mol. The van der Waals surface area contributed by atoms with Crippen molar-refractivity contribution in [2.24, 2.45) is 0 Å². The fourth-order valence-electron chi connectivity index (χ4n) is 1.62. The molecule has 0 radical (unpaired) electrons. The molecule has 0 fully saturated rings. The topological polar surface area (TPSA) is 15.3 Å². The molecule has 0 atom stereocenters. The Morgan fingerprint density at radius 1 is 1.15 bits per heavy atom. The van der Waals surface area contributed by atoms with Gasteiger partial charge in [-0.15, -0.1) is 0 Å². The van der Waals surface area contributed by atoms with Gasteiger partial charge in [0, 0.05) is 25.2 Å². The zero-order valence-electron chi connectivity index (χ0n) is 9.93. The van der Waals surface area contributed by atoms with Crippen molar-refractivity contribution in [3.8, 4) is 0 Å². The molecule has 0 aromatic heterocycles. The van der Waals surface area contributed by atoms with Crippen LogP contribution < -0.4 is 5.32 Å². The smallest absolute Gasteiger partial charge is 0.0107 e. The third-order valence-electron chi connectivity index (χ3n) is 2.58. The molecule has 0 bridgehead atoms. The lowest BCUT2D eigenvalue weighted by molar-refractivity contribution is 0.228. The molecule has 0 saturated carbocycles. The molecule has 0 rings (SSSR count). The number of nitrogens with one attached hydrogen (secondary N) is 1. The molecule has 0 unspecified atom stereocenters. The van der Waals surface area contributed by atoms with Gasteiger partial charge in [-0.1, -0.05) is 27.7 Å². The molecule has 0 aromatic rings. The molecule has 0 aromatic carbocycles. The number of hydrogen-bond acceptors (Lipinski definition) is 2. The normalized spacial score (nSPS) is 12.0. The van der Waals surface area contributed by atoms with E-state index in [2.05, 4.69) is 45.0 Å². The highest BCUT2D eigenvalue weighted by Gasteiger charge is 2.08. The van der Waals surface area contributed by atoms with E-state index in [1.165, 1.54) is 12.8 Å². The van der Waals surface area contributed by atoms with E-state index in [-0.39, 0.29) is 0 Å². The average molecular weight is 186 g/mol. The van der Waals surface area contributed by atoms with Crippen molar-refractivity contribution in [2.45, 2.75) is 52.6 Å². The van der Waals surface area contributed by atoms with Gasteiger partial charge in [0.1, 0.15) is 0 Å². The van der Waals surface area contributed by atoms with E-state index < -0.39 is 0 Å². The van der Waals surface area contributed by atoms with Gasteiger partial charge in [-0.05, 0) is 19.9 Å². The Morgan fingerprint density at radius 3 is 2.08 bits per heavy atom. The van der Waals surface area contributed by atoms with Crippen LogP contribution in [0.3, 0.4) is 0 Å². The van der Waals surface area contributed by atoms with Crippen molar-refractivity contribution in [1.82, 2.24) is 10.2 Å². The molecule has 0 heterocycles. The summed E-state index contributed by atoms with van der Waals surface area (Å²) in [5.74, 6) is 0. The van der Waals surface area contributed by atoms with Crippen LogP contribution in [0.25, 0.3) is 0 Å². The summed E-state index contributed by atoms with van der Waals surface area (Å²) >= 11 is 0. The molecular weight excluding hydrogens is 160 g/mol. The quantitative estimate of drug-likeness (QED) is 0.655. The van der Waals surface area contributed by atoms with E-state index in [0.29, 0.717) is 6.04 Å². The Bertz CT molecular complexity index is 109. The molecule has 2 nitrogen and oxygen atoms in total. The van der Waals surface area contributed by atoms with Crippen molar-refractivity contribution >= 4 is 0 Å². The van der Waals surface area contributed by atoms with Crippen molar-refractivity contribution in [3.63, 3.8) is 0 Å². The first-order valence-electron chi connectivity index (χ1n) is 5.55. The Kier molecular flexibility index (Phi) is 7.29. The van der Waals surface area contributed by atoms with Crippen LogP contribution in [0.4, 0.5) is 0 Å². The number of rotatable bonds is 7. The van der Waals surface area contributed by atoms with Crippen molar-refractivity contribution in [2.75, 3.05) is 20.1 Å². The maximum Gasteiger partial charge on any atom is 0.0107 e. The van der Waals surface area contributed by atoms with Gasteiger partial charge in [-0.25, -0.2) is 0 Å². The minimum atomic E-state index is 0.607. The number of likely N-dealkylation sites (N-methyl/N-ethyl adjacent to an activating group) is 1. The zero-order valence-corrected chi connectivity index (χ0v) is 9.93. The van der Waals surface area contributed by atoms with Gasteiger partial charge in [0.15, 0.2) is 0 Å². The maximum absolute atomic E-state index is 3.44. The molecule has 0 aliphatic rings.